The van der Waals surface area contributed by atoms with Crippen LogP contribution in [0.1, 0.15) is 17.5 Å². The number of nitrogens with two attached hydrogens (primary N) is 1. The van der Waals surface area contributed by atoms with Crippen LogP contribution >= 0.6 is 11.6 Å². The monoisotopic (exact) mass is 555 g/mol. The van der Waals surface area contributed by atoms with Crippen LogP contribution in [-0.2, 0) is 22.4 Å². The number of ether oxygens (including phenoxy) is 1. The van der Waals surface area contributed by atoms with E-state index in [0.717, 1.165) is 27.7 Å². The Balaban J connectivity index is 1.26. The van der Waals surface area contributed by atoms with Gasteiger partial charge in [-0.3, -0.25) is 9.59 Å². The molecule has 1 amide bonds. The molecule has 204 valence electrons. The van der Waals surface area contributed by atoms with Gasteiger partial charge in [-0.25, -0.2) is 4.98 Å². The summed E-state index contributed by atoms with van der Waals surface area (Å²) in [6.45, 7) is -0.180. The lowest BCUT2D eigenvalue weighted by molar-refractivity contribution is -0.127. The van der Waals surface area contributed by atoms with Crippen molar-refractivity contribution in [1.29, 1.82) is 0 Å². The third-order valence-corrected chi connectivity index (χ3v) is 7.26. The molecule has 0 spiro atoms. The van der Waals surface area contributed by atoms with E-state index in [9.17, 15) is 9.59 Å². The molecular weight excluding hydrogens is 526 g/mol. The second kappa shape index (κ2) is 12.6. The Hall–Kier alpha value is -4.40. The Kier molecular flexibility index (Phi) is 8.59. The summed E-state index contributed by atoms with van der Waals surface area (Å²) < 4.78 is 7.71. The molecule has 0 saturated carbocycles. The number of aryl methyl sites for hydroxylation is 1. The summed E-state index contributed by atoms with van der Waals surface area (Å²) >= 11 is 6.23. The molecule has 5 rings (SSSR count). The molecule has 0 radical (unpaired) electrons. The molecule has 0 aliphatic carbocycles. The van der Waals surface area contributed by atoms with Crippen molar-refractivity contribution in [2.24, 2.45) is 11.7 Å². The predicted molar refractivity (Wildman–Crippen MR) is 155 cm³/mol. The number of aromatic amines is 1. The number of fused-ring (bicyclic) bond motifs is 1. The van der Waals surface area contributed by atoms with Crippen molar-refractivity contribution in [3.8, 4) is 11.4 Å². The molecule has 8 nitrogen and oxygen atoms in total. The van der Waals surface area contributed by atoms with E-state index in [-0.39, 0.29) is 24.7 Å². The fourth-order valence-electron chi connectivity index (χ4n) is 4.67. The first-order chi connectivity index (χ1) is 19.5. The zero-order valence-corrected chi connectivity index (χ0v) is 22.6. The van der Waals surface area contributed by atoms with Crippen LogP contribution < -0.4 is 15.8 Å². The Morgan fingerprint density at radius 3 is 2.58 bits per heavy atom. The minimum absolute atomic E-state index is 0.180. The quantitative estimate of drug-likeness (QED) is 0.190. The lowest BCUT2D eigenvalue weighted by atomic mass is 9.92. The summed E-state index contributed by atoms with van der Waals surface area (Å²) in [6, 6.07) is 22.6. The minimum atomic E-state index is -0.896. The maximum Gasteiger partial charge on any atom is 0.221 e. The number of nitrogens with zero attached hydrogens (tertiary/aromatic N) is 2. The summed E-state index contributed by atoms with van der Waals surface area (Å²) in [4.78, 5) is 33.6. The minimum Gasteiger partial charge on any atom is -0.486 e. The van der Waals surface area contributed by atoms with Crippen LogP contribution in [0, 0.1) is 5.92 Å². The van der Waals surface area contributed by atoms with Crippen LogP contribution in [-0.4, -0.2) is 39.0 Å². The molecule has 0 aliphatic heterocycles. The molecule has 2 heterocycles. The lowest BCUT2D eigenvalue weighted by Crippen LogP contribution is -2.51. The summed E-state index contributed by atoms with van der Waals surface area (Å²) in [6.07, 6.45) is 7.26. The molecule has 2 unspecified atom stereocenters. The summed E-state index contributed by atoms with van der Waals surface area (Å²) in [7, 11) is 0. The Morgan fingerprint density at radius 2 is 1.80 bits per heavy atom. The lowest BCUT2D eigenvalue weighted by Gasteiger charge is -2.24. The topological polar surface area (TPSA) is 115 Å². The van der Waals surface area contributed by atoms with Crippen LogP contribution in [0.15, 0.2) is 97.7 Å². The second-order valence-electron chi connectivity index (χ2n) is 9.57. The number of nitrogens with one attached hydrogen (secondary N) is 2. The van der Waals surface area contributed by atoms with Crippen LogP contribution in [0.25, 0.3) is 16.6 Å². The van der Waals surface area contributed by atoms with Crippen LogP contribution in [0.5, 0.6) is 5.75 Å². The van der Waals surface area contributed by atoms with Gasteiger partial charge in [-0.05, 0) is 60.4 Å². The van der Waals surface area contributed by atoms with Crippen LogP contribution in [0.4, 0.5) is 0 Å². The number of H-pyrrole nitrogens is 1. The summed E-state index contributed by atoms with van der Waals surface area (Å²) in [5.41, 5.74) is 10.2. The number of carbonyl (C=O) groups is 2. The molecule has 2 aromatic heterocycles. The van der Waals surface area contributed by atoms with Crippen molar-refractivity contribution >= 4 is 34.2 Å². The first-order valence-corrected chi connectivity index (χ1v) is 13.4. The van der Waals surface area contributed by atoms with E-state index in [4.69, 9.17) is 22.1 Å². The Labute approximate surface area is 237 Å². The van der Waals surface area contributed by atoms with Crippen LogP contribution in [0.2, 0.25) is 5.02 Å². The highest BCUT2D eigenvalue weighted by atomic mass is 35.5. The van der Waals surface area contributed by atoms with Gasteiger partial charge in [0.1, 0.15) is 12.4 Å². The van der Waals surface area contributed by atoms with E-state index in [1.807, 2.05) is 71.6 Å². The average molecular weight is 556 g/mol. The van der Waals surface area contributed by atoms with Gasteiger partial charge in [-0.15, -0.1) is 0 Å². The van der Waals surface area contributed by atoms with Crippen molar-refractivity contribution in [2.75, 3.05) is 6.61 Å². The van der Waals surface area contributed by atoms with E-state index in [1.54, 1.807) is 30.7 Å². The van der Waals surface area contributed by atoms with E-state index in [2.05, 4.69) is 15.3 Å². The molecule has 3 aromatic carbocycles. The number of hydrogen-bond acceptors (Lipinski definition) is 5. The molecule has 2 atom stereocenters. The second-order valence-corrected chi connectivity index (χ2v) is 9.98. The number of ketones is 1. The Morgan fingerprint density at radius 1 is 1.02 bits per heavy atom. The van der Waals surface area contributed by atoms with Gasteiger partial charge in [0.05, 0.1) is 18.4 Å². The summed E-state index contributed by atoms with van der Waals surface area (Å²) in [5, 5.41) is 4.45. The first kappa shape index (κ1) is 27.2. The fourth-order valence-corrected chi connectivity index (χ4v) is 4.90. The molecule has 5 aromatic rings. The Bertz CT molecular complexity index is 1580. The van der Waals surface area contributed by atoms with Crippen molar-refractivity contribution in [2.45, 2.75) is 25.4 Å². The van der Waals surface area contributed by atoms with E-state index >= 15 is 0 Å². The molecule has 4 N–H and O–H groups in total. The summed E-state index contributed by atoms with van der Waals surface area (Å²) in [5.74, 6) is -0.600. The van der Waals surface area contributed by atoms with Gasteiger partial charge in [-0.2, -0.15) is 0 Å². The average Bonchev–Trinajstić information content (AvgIpc) is 3.65. The van der Waals surface area contributed by atoms with Crippen LogP contribution in [0.3, 0.4) is 0 Å². The predicted octanol–water partition coefficient (Wildman–Crippen LogP) is 4.85. The normalized spacial score (nSPS) is 12.7. The van der Waals surface area contributed by atoms with E-state index in [1.165, 1.54) is 0 Å². The van der Waals surface area contributed by atoms with Gasteiger partial charge in [0.2, 0.25) is 5.91 Å². The maximum absolute atomic E-state index is 13.5. The third kappa shape index (κ3) is 6.59. The van der Waals surface area contributed by atoms with Crippen molar-refractivity contribution < 1.29 is 14.3 Å². The highest BCUT2D eigenvalue weighted by molar-refractivity contribution is 6.31. The smallest absolute Gasteiger partial charge is 0.221 e. The fraction of sp³-hybridized carbons (Fsp3) is 0.194. The van der Waals surface area contributed by atoms with E-state index in [0.29, 0.717) is 23.6 Å². The zero-order valence-electron chi connectivity index (χ0n) is 21.8. The zero-order chi connectivity index (χ0) is 27.9. The molecule has 0 bridgehead atoms. The number of Topliss-reactive ketones (excluding diaryl/α,β-unsaturated/α-hetero) is 1. The molecule has 9 heteroatoms. The SMILES string of the molecule is NC(NC(=O)CCc1ccccc1Cl)C(Cc1c[nH]c2ccccc12)C(=O)COc1ccc(-n2ccnc2)cc1. The number of para-hydroxylation sites is 1. The number of benzene rings is 3. The number of rotatable bonds is 12. The third-order valence-electron chi connectivity index (χ3n) is 6.89. The van der Waals surface area contributed by atoms with Gasteiger partial charge in [-0.1, -0.05) is 48.0 Å². The molecule has 0 fully saturated rings. The molecule has 0 aliphatic rings. The van der Waals surface area contributed by atoms with Gasteiger partial charge >= 0.3 is 0 Å². The van der Waals surface area contributed by atoms with Gasteiger partial charge < -0.3 is 25.3 Å². The standard InChI is InChI=1S/C31H30ClN5O3/c32-27-7-3-1-5-21(27)9-14-30(39)36-31(33)26(17-22-18-35-28-8-4-2-6-25(22)28)29(38)19-40-24-12-10-23(11-13-24)37-16-15-34-20-37/h1-8,10-13,15-16,18,20,26,31,35H,9,14,17,19,33H2,(H,36,39). The number of imidazole rings is 1. The number of halogens is 1. The molecular formula is C31H30ClN5O3. The first-order valence-electron chi connectivity index (χ1n) is 13.0. The van der Waals surface area contributed by atoms with Gasteiger partial charge in [0.15, 0.2) is 5.78 Å². The van der Waals surface area contributed by atoms with Gasteiger partial charge in [0.25, 0.3) is 0 Å². The highest BCUT2D eigenvalue weighted by Crippen LogP contribution is 2.23. The number of hydrogen-bond donors (Lipinski definition) is 3. The maximum atomic E-state index is 13.5. The number of aromatic nitrogens is 3. The molecule has 0 saturated heterocycles. The van der Waals surface area contributed by atoms with Crippen molar-refractivity contribution in [3.63, 3.8) is 0 Å². The largest absolute Gasteiger partial charge is 0.486 e. The highest BCUT2D eigenvalue weighted by Gasteiger charge is 2.28. The molecule has 40 heavy (non-hydrogen) atoms. The van der Waals surface area contributed by atoms with Gasteiger partial charge in [0, 0.05) is 46.6 Å². The van der Waals surface area contributed by atoms with Crippen molar-refractivity contribution in [3.05, 3.63) is 114 Å². The number of carbonyl (C=O) groups excluding carboxylic acids is 2. The number of amides is 1. The van der Waals surface area contributed by atoms with E-state index < -0.39 is 12.1 Å². The van der Waals surface area contributed by atoms with Crippen molar-refractivity contribution in [1.82, 2.24) is 19.9 Å².